The zero-order chi connectivity index (χ0) is 25.1. The molecule has 0 atom stereocenters. The van der Waals surface area contributed by atoms with Crippen LogP contribution in [0.1, 0.15) is 48.1 Å². The molecule has 0 amide bonds. The molecule has 2 heterocycles. The standard InChI is InChI=1S/C28H31N3O4/c1-18(2)14-24-28(33)31(16-20-10-12-22(34-4)13-11-20)26(27(29-24)35-5)15-21-17-30(19(3)32)25-9-7-6-8-23(21)25/h6-13,17-18H,14-16H2,1-5H3. The van der Waals surface area contributed by atoms with Gasteiger partial charge in [-0.1, -0.05) is 44.2 Å². The molecule has 2 aromatic heterocycles. The highest BCUT2D eigenvalue weighted by molar-refractivity contribution is 5.93. The van der Waals surface area contributed by atoms with Gasteiger partial charge in [-0.3, -0.25) is 14.2 Å². The van der Waals surface area contributed by atoms with Gasteiger partial charge >= 0.3 is 0 Å². The predicted molar refractivity (Wildman–Crippen MR) is 137 cm³/mol. The number of benzene rings is 2. The lowest BCUT2D eigenvalue weighted by Gasteiger charge is -2.18. The molecule has 4 aromatic rings. The first-order valence-corrected chi connectivity index (χ1v) is 11.7. The minimum atomic E-state index is -0.124. The Morgan fingerprint density at radius 3 is 2.37 bits per heavy atom. The van der Waals surface area contributed by atoms with Crippen LogP contribution in [0.3, 0.4) is 0 Å². The Labute approximate surface area is 204 Å². The molecule has 0 unspecified atom stereocenters. The number of carbonyl (C=O) groups is 1. The maximum absolute atomic E-state index is 13.6. The number of hydrogen-bond acceptors (Lipinski definition) is 5. The van der Waals surface area contributed by atoms with Crippen molar-refractivity contribution >= 4 is 16.8 Å². The minimum absolute atomic E-state index is 0.0690. The first-order valence-electron chi connectivity index (χ1n) is 11.7. The Hall–Kier alpha value is -3.87. The van der Waals surface area contributed by atoms with Crippen LogP contribution in [0.5, 0.6) is 11.6 Å². The average Bonchev–Trinajstić information content (AvgIpc) is 3.22. The lowest BCUT2D eigenvalue weighted by atomic mass is 10.1. The van der Waals surface area contributed by atoms with Gasteiger partial charge in [-0.2, -0.15) is 0 Å². The number of para-hydroxylation sites is 1. The third kappa shape index (κ3) is 4.99. The second-order valence-electron chi connectivity index (χ2n) is 9.09. The van der Waals surface area contributed by atoms with E-state index in [-0.39, 0.29) is 17.4 Å². The molecule has 0 N–H and O–H groups in total. The van der Waals surface area contributed by atoms with Crippen molar-refractivity contribution in [1.29, 1.82) is 0 Å². The van der Waals surface area contributed by atoms with E-state index in [4.69, 9.17) is 9.47 Å². The van der Waals surface area contributed by atoms with Crippen LogP contribution in [-0.2, 0) is 19.4 Å². The zero-order valence-electron chi connectivity index (χ0n) is 20.9. The van der Waals surface area contributed by atoms with Crippen molar-refractivity contribution in [2.75, 3.05) is 14.2 Å². The number of rotatable bonds is 8. The highest BCUT2D eigenvalue weighted by Crippen LogP contribution is 2.27. The summed E-state index contributed by atoms with van der Waals surface area (Å²) in [4.78, 5) is 30.5. The van der Waals surface area contributed by atoms with Crippen LogP contribution in [0.15, 0.2) is 59.5 Å². The molecule has 182 valence electrons. The summed E-state index contributed by atoms with van der Waals surface area (Å²) in [5.74, 6) is 1.38. The third-order valence-electron chi connectivity index (χ3n) is 6.09. The van der Waals surface area contributed by atoms with Gasteiger partial charge in [0.05, 0.1) is 32.0 Å². The van der Waals surface area contributed by atoms with Crippen molar-refractivity contribution in [3.05, 3.63) is 87.6 Å². The summed E-state index contributed by atoms with van der Waals surface area (Å²) < 4.78 is 14.4. The summed E-state index contributed by atoms with van der Waals surface area (Å²) in [6.45, 7) is 6.03. The molecule has 0 bridgehead atoms. The Morgan fingerprint density at radius 2 is 1.74 bits per heavy atom. The Bertz CT molecular complexity index is 1410. The summed E-state index contributed by atoms with van der Waals surface area (Å²) in [5, 5.41) is 0.958. The smallest absolute Gasteiger partial charge is 0.273 e. The molecule has 0 aliphatic rings. The van der Waals surface area contributed by atoms with Gasteiger partial charge in [-0.25, -0.2) is 4.98 Å². The van der Waals surface area contributed by atoms with Crippen molar-refractivity contribution in [2.24, 2.45) is 5.92 Å². The number of aromatic nitrogens is 3. The predicted octanol–water partition coefficient (Wildman–Crippen LogP) is 4.71. The topological polar surface area (TPSA) is 75.3 Å². The molecule has 4 rings (SSSR count). The van der Waals surface area contributed by atoms with E-state index in [0.717, 1.165) is 27.8 Å². The van der Waals surface area contributed by atoms with E-state index in [1.807, 2.05) is 54.7 Å². The summed E-state index contributed by atoms with van der Waals surface area (Å²) in [6, 6.07) is 15.4. The van der Waals surface area contributed by atoms with E-state index >= 15 is 0 Å². The van der Waals surface area contributed by atoms with E-state index in [1.165, 1.54) is 0 Å². The summed E-state index contributed by atoms with van der Waals surface area (Å²) in [5.41, 5.74) is 3.76. The third-order valence-corrected chi connectivity index (χ3v) is 6.09. The van der Waals surface area contributed by atoms with Crippen molar-refractivity contribution < 1.29 is 14.3 Å². The number of ether oxygens (including phenoxy) is 2. The largest absolute Gasteiger partial charge is 0.497 e. The molecule has 0 aliphatic heterocycles. The molecule has 0 spiro atoms. The summed E-state index contributed by atoms with van der Waals surface area (Å²) in [7, 11) is 3.20. The van der Waals surface area contributed by atoms with Gasteiger partial charge in [0.25, 0.3) is 5.56 Å². The van der Waals surface area contributed by atoms with Crippen LogP contribution < -0.4 is 15.0 Å². The van der Waals surface area contributed by atoms with Crippen molar-refractivity contribution in [1.82, 2.24) is 14.1 Å². The lowest BCUT2D eigenvalue weighted by molar-refractivity contribution is 0.0941. The van der Waals surface area contributed by atoms with E-state index < -0.39 is 0 Å². The van der Waals surface area contributed by atoms with Gasteiger partial charge in [0.1, 0.15) is 11.4 Å². The van der Waals surface area contributed by atoms with Gasteiger partial charge < -0.3 is 14.0 Å². The van der Waals surface area contributed by atoms with Crippen molar-refractivity contribution in [2.45, 2.75) is 40.2 Å². The van der Waals surface area contributed by atoms with Crippen molar-refractivity contribution in [3.8, 4) is 11.6 Å². The maximum atomic E-state index is 13.6. The first kappa shape index (κ1) is 24.3. The second-order valence-corrected chi connectivity index (χ2v) is 9.09. The van der Waals surface area contributed by atoms with Gasteiger partial charge in [0.2, 0.25) is 11.8 Å². The zero-order valence-corrected chi connectivity index (χ0v) is 20.9. The summed E-state index contributed by atoms with van der Waals surface area (Å²) in [6.07, 6.45) is 2.79. The van der Waals surface area contributed by atoms with Crippen LogP contribution in [-0.4, -0.2) is 34.2 Å². The van der Waals surface area contributed by atoms with Crippen molar-refractivity contribution in [3.63, 3.8) is 0 Å². The fourth-order valence-electron chi connectivity index (χ4n) is 4.40. The second kappa shape index (κ2) is 10.2. The Kier molecular flexibility index (Phi) is 7.05. The number of carbonyl (C=O) groups excluding carboxylic acids is 1. The molecular formula is C28H31N3O4. The van der Waals surface area contributed by atoms with E-state index in [2.05, 4.69) is 18.8 Å². The molecule has 35 heavy (non-hydrogen) atoms. The molecule has 7 nitrogen and oxygen atoms in total. The fraction of sp³-hybridized carbons (Fsp3) is 0.321. The highest BCUT2D eigenvalue weighted by atomic mass is 16.5. The number of hydrogen-bond donors (Lipinski definition) is 0. The summed E-state index contributed by atoms with van der Waals surface area (Å²) >= 11 is 0. The normalized spacial score (nSPS) is 11.3. The van der Waals surface area contributed by atoms with Crippen LogP contribution in [0.4, 0.5) is 0 Å². The van der Waals surface area contributed by atoms with Gasteiger partial charge in [-0.15, -0.1) is 0 Å². The molecule has 0 fully saturated rings. The average molecular weight is 474 g/mol. The number of fused-ring (bicyclic) bond motifs is 1. The van der Waals surface area contributed by atoms with E-state index in [0.29, 0.717) is 36.7 Å². The molecule has 0 saturated heterocycles. The van der Waals surface area contributed by atoms with Gasteiger partial charge in [0, 0.05) is 24.9 Å². The quantitative estimate of drug-likeness (QED) is 0.370. The molecule has 0 radical (unpaired) electrons. The van der Waals surface area contributed by atoms with Crippen LogP contribution in [0.25, 0.3) is 10.9 Å². The molecule has 0 saturated carbocycles. The molecular weight excluding hydrogens is 442 g/mol. The lowest BCUT2D eigenvalue weighted by Crippen LogP contribution is -2.30. The van der Waals surface area contributed by atoms with Crippen LogP contribution >= 0.6 is 0 Å². The SMILES string of the molecule is COc1ccc(Cn2c(Cc3cn(C(C)=O)c4ccccc34)c(OC)nc(CC(C)C)c2=O)cc1. The number of methoxy groups -OCH3 is 2. The van der Waals surface area contributed by atoms with Crippen LogP contribution in [0, 0.1) is 5.92 Å². The van der Waals surface area contributed by atoms with Gasteiger partial charge in [0.15, 0.2) is 0 Å². The van der Waals surface area contributed by atoms with Gasteiger partial charge in [-0.05, 0) is 41.7 Å². The maximum Gasteiger partial charge on any atom is 0.273 e. The molecule has 7 heteroatoms. The van der Waals surface area contributed by atoms with Crippen LogP contribution in [0.2, 0.25) is 0 Å². The van der Waals surface area contributed by atoms with E-state index in [9.17, 15) is 9.59 Å². The monoisotopic (exact) mass is 473 g/mol. The number of nitrogens with zero attached hydrogens (tertiary/aromatic N) is 3. The Balaban J connectivity index is 1.88. The van der Waals surface area contributed by atoms with E-state index in [1.54, 1.807) is 30.3 Å². The Morgan fingerprint density at radius 1 is 1.03 bits per heavy atom. The molecule has 2 aromatic carbocycles. The minimum Gasteiger partial charge on any atom is -0.497 e. The fourth-order valence-corrected chi connectivity index (χ4v) is 4.40. The first-order chi connectivity index (χ1) is 16.8. The highest BCUT2D eigenvalue weighted by Gasteiger charge is 2.21. The molecule has 0 aliphatic carbocycles.